The summed E-state index contributed by atoms with van der Waals surface area (Å²) < 4.78 is 18.5. The highest BCUT2D eigenvalue weighted by Crippen LogP contribution is 2.45. The summed E-state index contributed by atoms with van der Waals surface area (Å²) in [5.74, 6) is -0.524. The molecule has 0 unspecified atom stereocenters. The van der Waals surface area contributed by atoms with Crippen molar-refractivity contribution in [3.63, 3.8) is 0 Å². The van der Waals surface area contributed by atoms with Crippen LogP contribution in [0.5, 0.6) is 0 Å². The molecule has 31 heavy (non-hydrogen) atoms. The van der Waals surface area contributed by atoms with Gasteiger partial charge < -0.3 is 18.4 Å². The predicted octanol–water partition coefficient (Wildman–Crippen LogP) is 6.11. The zero-order chi connectivity index (χ0) is 24.3. The normalized spacial score (nSPS) is 24.4. The molecule has 0 saturated heterocycles. The number of ether oxygens (including phenoxy) is 1. The molecule has 1 saturated carbocycles. The quantitative estimate of drug-likeness (QED) is 0.176. The summed E-state index contributed by atoms with van der Waals surface area (Å²) in [5.41, 5.74) is 0. The lowest BCUT2D eigenvalue weighted by Crippen LogP contribution is -2.46. The molecule has 0 aromatic carbocycles. The maximum absolute atomic E-state index is 12.0. The van der Waals surface area contributed by atoms with Gasteiger partial charge in [0.1, 0.15) is 6.29 Å². The van der Waals surface area contributed by atoms with E-state index in [0.717, 1.165) is 12.7 Å². The van der Waals surface area contributed by atoms with E-state index in [-0.39, 0.29) is 40.1 Å². The van der Waals surface area contributed by atoms with E-state index in [1.165, 1.54) is 6.08 Å². The maximum Gasteiger partial charge on any atom is 0.330 e. The van der Waals surface area contributed by atoms with Gasteiger partial charge in [0.15, 0.2) is 16.6 Å². The van der Waals surface area contributed by atoms with Crippen molar-refractivity contribution >= 4 is 28.9 Å². The first-order chi connectivity index (χ1) is 13.9. The molecule has 0 N–H and O–H groups in total. The first-order valence-corrected chi connectivity index (χ1v) is 17.4. The van der Waals surface area contributed by atoms with Crippen LogP contribution < -0.4 is 0 Å². The van der Waals surface area contributed by atoms with Gasteiger partial charge in [0.25, 0.3) is 0 Å². The summed E-state index contributed by atoms with van der Waals surface area (Å²) in [6.45, 7) is 24.3. The molecule has 0 bridgehead atoms. The van der Waals surface area contributed by atoms with Gasteiger partial charge in [-0.25, -0.2) is 4.79 Å². The molecule has 1 fully saturated rings. The lowest BCUT2D eigenvalue weighted by Gasteiger charge is -2.41. The Balaban J connectivity index is 3.17. The summed E-state index contributed by atoms with van der Waals surface area (Å²) in [6, 6.07) is 0. The number of carbonyl (C=O) groups is 2. The Kier molecular flexibility index (Phi) is 9.52. The molecule has 1 rings (SSSR count). The summed E-state index contributed by atoms with van der Waals surface area (Å²) in [4.78, 5) is 24.0. The van der Waals surface area contributed by atoms with Gasteiger partial charge in [-0.05, 0) is 68.0 Å². The number of hydrogen-bond acceptors (Lipinski definition) is 5. The second kappa shape index (κ2) is 10.4. The van der Waals surface area contributed by atoms with Crippen LogP contribution in [0.3, 0.4) is 0 Å². The number of rotatable bonds is 9. The second-order valence-corrected chi connectivity index (χ2v) is 21.4. The minimum absolute atomic E-state index is 0.00734. The van der Waals surface area contributed by atoms with Crippen molar-refractivity contribution in [2.45, 2.75) is 110 Å². The van der Waals surface area contributed by atoms with Crippen LogP contribution in [0.25, 0.3) is 0 Å². The van der Waals surface area contributed by atoms with Crippen LogP contribution in [0.15, 0.2) is 12.2 Å². The molecule has 7 heteroatoms. The number of hydrogen-bond donors (Lipinski definition) is 0. The first kappa shape index (κ1) is 28.3. The highest BCUT2D eigenvalue weighted by Gasteiger charge is 2.47. The lowest BCUT2D eigenvalue weighted by atomic mass is 9.91. The topological polar surface area (TPSA) is 61.8 Å². The first-order valence-electron chi connectivity index (χ1n) is 11.6. The van der Waals surface area contributed by atoms with Crippen LogP contribution in [0.1, 0.15) is 61.3 Å². The molecule has 5 nitrogen and oxygen atoms in total. The Morgan fingerprint density at radius 2 is 1.55 bits per heavy atom. The van der Waals surface area contributed by atoms with E-state index in [4.69, 9.17) is 13.6 Å². The van der Waals surface area contributed by atoms with E-state index in [0.29, 0.717) is 13.0 Å². The Morgan fingerprint density at radius 1 is 1.00 bits per heavy atom. The second-order valence-electron chi connectivity index (χ2n) is 11.9. The van der Waals surface area contributed by atoms with E-state index in [2.05, 4.69) is 67.7 Å². The van der Waals surface area contributed by atoms with Crippen LogP contribution in [0.2, 0.25) is 36.3 Å². The fourth-order valence-electron chi connectivity index (χ4n) is 3.43. The highest BCUT2D eigenvalue weighted by molar-refractivity contribution is 6.74. The fraction of sp³-hybridized carbons (Fsp3) is 0.833. The molecule has 1 aliphatic carbocycles. The van der Waals surface area contributed by atoms with E-state index < -0.39 is 16.6 Å². The molecule has 0 aliphatic heterocycles. The molecule has 0 spiro atoms. The fourth-order valence-corrected chi connectivity index (χ4v) is 6.09. The van der Waals surface area contributed by atoms with Gasteiger partial charge in [-0.15, -0.1) is 0 Å². The van der Waals surface area contributed by atoms with Crippen LogP contribution in [-0.2, 0) is 23.2 Å². The summed E-state index contributed by atoms with van der Waals surface area (Å²) in [5, 5.41) is 0.137. The highest BCUT2D eigenvalue weighted by atomic mass is 28.4. The van der Waals surface area contributed by atoms with E-state index in [1.807, 2.05) is 6.08 Å². The van der Waals surface area contributed by atoms with E-state index in [9.17, 15) is 9.59 Å². The number of esters is 1. The number of carbonyl (C=O) groups excluding carboxylic acids is 2. The van der Waals surface area contributed by atoms with Crippen LogP contribution >= 0.6 is 0 Å². The van der Waals surface area contributed by atoms with Crippen molar-refractivity contribution in [1.29, 1.82) is 0 Å². The SMILES string of the molecule is CCOC(=O)/C=C/[C@@H](O[Si](C)(C)C(C)(C)C)[C@@H]1C[C@@H](O[Si](C)(C)C(C)(C)C)C[C@H]1C=O. The lowest BCUT2D eigenvalue weighted by molar-refractivity contribution is -0.137. The molecule has 4 atom stereocenters. The number of aldehydes is 1. The van der Waals surface area contributed by atoms with Gasteiger partial charge in [0, 0.05) is 18.1 Å². The van der Waals surface area contributed by atoms with Gasteiger partial charge in [0.05, 0.1) is 12.7 Å². The van der Waals surface area contributed by atoms with Gasteiger partial charge in [-0.1, -0.05) is 41.5 Å². The summed E-state index contributed by atoms with van der Waals surface area (Å²) in [7, 11) is -4.06. The van der Waals surface area contributed by atoms with Gasteiger partial charge in [-0.2, -0.15) is 0 Å². The maximum atomic E-state index is 12.0. The summed E-state index contributed by atoms with van der Waals surface area (Å²) >= 11 is 0. The van der Waals surface area contributed by atoms with Crippen molar-refractivity contribution in [2.24, 2.45) is 11.8 Å². The summed E-state index contributed by atoms with van der Waals surface area (Å²) in [6.07, 6.45) is 5.55. The minimum atomic E-state index is -2.12. The predicted molar refractivity (Wildman–Crippen MR) is 132 cm³/mol. The van der Waals surface area contributed by atoms with Gasteiger partial charge >= 0.3 is 5.97 Å². The largest absolute Gasteiger partial charge is 0.463 e. The van der Waals surface area contributed by atoms with Gasteiger partial charge in [0.2, 0.25) is 0 Å². The van der Waals surface area contributed by atoms with Crippen molar-refractivity contribution in [1.82, 2.24) is 0 Å². The zero-order valence-electron chi connectivity index (χ0n) is 21.7. The molecule has 180 valence electrons. The van der Waals surface area contributed by atoms with Crippen LogP contribution in [-0.4, -0.2) is 47.7 Å². The Hall–Kier alpha value is -0.766. The van der Waals surface area contributed by atoms with E-state index >= 15 is 0 Å². The van der Waals surface area contributed by atoms with Gasteiger partial charge in [-0.3, -0.25) is 0 Å². The molecule has 1 aliphatic rings. The smallest absolute Gasteiger partial charge is 0.330 e. The van der Waals surface area contributed by atoms with Crippen molar-refractivity contribution in [2.75, 3.05) is 6.61 Å². The van der Waals surface area contributed by atoms with Crippen LogP contribution in [0, 0.1) is 11.8 Å². The molecule has 0 aromatic heterocycles. The molecule has 0 amide bonds. The van der Waals surface area contributed by atoms with Crippen molar-refractivity contribution in [3.05, 3.63) is 12.2 Å². The molecular formula is C24H46O5Si2. The Morgan fingerprint density at radius 3 is 2.00 bits per heavy atom. The third kappa shape index (κ3) is 7.65. The molecule has 0 heterocycles. The van der Waals surface area contributed by atoms with E-state index in [1.54, 1.807) is 6.92 Å². The third-order valence-corrected chi connectivity index (χ3v) is 16.4. The zero-order valence-corrected chi connectivity index (χ0v) is 23.7. The van der Waals surface area contributed by atoms with Crippen LogP contribution in [0.4, 0.5) is 0 Å². The Bertz CT molecular complexity index is 643. The Labute approximate surface area is 192 Å². The molecule has 0 aromatic rings. The average molecular weight is 471 g/mol. The molecule has 0 radical (unpaired) electrons. The standard InChI is InChI=1S/C24H46O5Si2/c1-12-27-22(26)14-13-21(29-31(10,11)24(5,6)7)20-16-19(15-18(20)17-25)28-30(8,9)23(2,3)4/h13-14,17-21H,12,15-16H2,1-11H3/b14-13+/t18-,19-,20+,21+/m0/s1. The van der Waals surface area contributed by atoms with Crippen molar-refractivity contribution < 1.29 is 23.2 Å². The molecular weight excluding hydrogens is 424 g/mol. The minimum Gasteiger partial charge on any atom is -0.463 e. The third-order valence-electron chi connectivity index (χ3n) is 7.43. The monoisotopic (exact) mass is 470 g/mol. The van der Waals surface area contributed by atoms with Crippen molar-refractivity contribution in [3.8, 4) is 0 Å². The average Bonchev–Trinajstić information content (AvgIpc) is 2.98.